The molecule has 2 N–H and O–H groups in total. The average molecular weight is 363 g/mol. The Bertz CT molecular complexity index is 752. The van der Waals surface area contributed by atoms with Crippen LogP contribution in [0.3, 0.4) is 0 Å². The first-order valence-electron chi connectivity index (χ1n) is 7.94. The number of fused-ring (bicyclic) bond motifs is 1. The van der Waals surface area contributed by atoms with Crippen LogP contribution in [-0.2, 0) is 20.9 Å². The highest BCUT2D eigenvalue weighted by atomic mass is 16.7. The van der Waals surface area contributed by atoms with Gasteiger partial charge in [0.15, 0.2) is 6.79 Å². The van der Waals surface area contributed by atoms with Gasteiger partial charge in [0.1, 0.15) is 5.75 Å². The van der Waals surface area contributed by atoms with Gasteiger partial charge in [-0.1, -0.05) is 0 Å². The SMILES string of the molecule is CC(C)(C)NC(=O)CNC(=O)/C=C/c1cc([N+](=O)[O-])cc2c1OCOC2. The van der Waals surface area contributed by atoms with E-state index in [1.165, 1.54) is 24.3 Å². The third-order valence-corrected chi connectivity index (χ3v) is 3.29. The number of nitrogens with zero attached hydrogens (tertiary/aromatic N) is 1. The Morgan fingerprint density at radius 2 is 2.08 bits per heavy atom. The Kier molecular flexibility index (Phi) is 5.93. The third kappa shape index (κ3) is 5.55. The molecule has 2 rings (SSSR count). The summed E-state index contributed by atoms with van der Waals surface area (Å²) in [5.41, 5.74) is 0.420. The summed E-state index contributed by atoms with van der Waals surface area (Å²) in [6, 6.07) is 2.70. The number of hydrogen-bond acceptors (Lipinski definition) is 6. The minimum absolute atomic E-state index is 0.0326. The fourth-order valence-corrected chi connectivity index (χ4v) is 2.31. The monoisotopic (exact) mass is 363 g/mol. The molecule has 9 heteroatoms. The number of nitro benzene ring substituents is 1. The topological polar surface area (TPSA) is 120 Å². The minimum atomic E-state index is -0.525. The molecule has 0 bridgehead atoms. The minimum Gasteiger partial charge on any atom is -0.467 e. The van der Waals surface area contributed by atoms with Crippen molar-refractivity contribution in [3.05, 3.63) is 39.4 Å². The second kappa shape index (κ2) is 7.96. The lowest BCUT2D eigenvalue weighted by Crippen LogP contribution is -2.45. The molecule has 0 saturated heterocycles. The molecule has 0 aromatic heterocycles. The van der Waals surface area contributed by atoms with Crippen molar-refractivity contribution >= 4 is 23.6 Å². The molecule has 1 aromatic rings. The molecule has 0 spiro atoms. The molecule has 0 unspecified atom stereocenters. The standard InChI is InChI=1S/C17H21N3O6/c1-17(2,3)19-15(22)8-18-14(21)5-4-11-6-13(20(23)24)7-12-9-25-10-26-16(11)12/h4-7H,8-10H2,1-3H3,(H,18,21)(H,19,22)/b5-4+. The van der Waals surface area contributed by atoms with E-state index in [2.05, 4.69) is 10.6 Å². The summed E-state index contributed by atoms with van der Waals surface area (Å²) in [4.78, 5) is 34.1. The van der Waals surface area contributed by atoms with Crippen LogP contribution in [0.4, 0.5) is 5.69 Å². The molecule has 0 fully saturated rings. The molecule has 140 valence electrons. The lowest BCUT2D eigenvalue weighted by atomic mass is 10.1. The summed E-state index contributed by atoms with van der Waals surface area (Å²) >= 11 is 0. The fourth-order valence-electron chi connectivity index (χ4n) is 2.31. The van der Waals surface area contributed by atoms with E-state index in [1.807, 2.05) is 20.8 Å². The maximum absolute atomic E-state index is 11.9. The molecule has 0 atom stereocenters. The van der Waals surface area contributed by atoms with E-state index >= 15 is 0 Å². The molecule has 1 aliphatic heterocycles. The highest BCUT2D eigenvalue weighted by Gasteiger charge is 2.20. The first-order valence-corrected chi connectivity index (χ1v) is 7.94. The van der Waals surface area contributed by atoms with Crippen LogP contribution in [0.5, 0.6) is 5.75 Å². The van der Waals surface area contributed by atoms with Gasteiger partial charge in [-0.3, -0.25) is 19.7 Å². The first-order chi connectivity index (χ1) is 12.2. The van der Waals surface area contributed by atoms with Crippen molar-refractivity contribution in [2.45, 2.75) is 32.9 Å². The number of amides is 2. The number of non-ortho nitro benzene ring substituents is 1. The summed E-state index contributed by atoms with van der Waals surface area (Å²) in [5, 5.41) is 16.2. The third-order valence-electron chi connectivity index (χ3n) is 3.29. The van der Waals surface area contributed by atoms with Gasteiger partial charge in [-0.05, 0) is 26.8 Å². The maximum atomic E-state index is 11.9. The second-order valence-electron chi connectivity index (χ2n) is 6.74. The molecule has 26 heavy (non-hydrogen) atoms. The zero-order chi connectivity index (χ0) is 19.3. The van der Waals surface area contributed by atoms with E-state index in [-0.39, 0.29) is 37.1 Å². The van der Waals surface area contributed by atoms with Crippen molar-refractivity contribution in [1.29, 1.82) is 0 Å². The van der Waals surface area contributed by atoms with Crippen molar-refractivity contribution in [3.63, 3.8) is 0 Å². The van der Waals surface area contributed by atoms with E-state index in [9.17, 15) is 19.7 Å². The van der Waals surface area contributed by atoms with E-state index in [0.29, 0.717) is 16.9 Å². The van der Waals surface area contributed by atoms with E-state index in [4.69, 9.17) is 9.47 Å². The average Bonchev–Trinajstić information content (AvgIpc) is 2.56. The van der Waals surface area contributed by atoms with Crippen LogP contribution in [0, 0.1) is 10.1 Å². The Hall–Kier alpha value is -2.94. The summed E-state index contributed by atoms with van der Waals surface area (Å²) in [7, 11) is 0. The highest BCUT2D eigenvalue weighted by molar-refractivity contribution is 5.94. The van der Waals surface area contributed by atoms with Gasteiger partial charge in [0, 0.05) is 34.9 Å². The van der Waals surface area contributed by atoms with E-state index in [0.717, 1.165) is 0 Å². The largest absolute Gasteiger partial charge is 0.467 e. The molecular weight excluding hydrogens is 342 g/mol. The zero-order valence-corrected chi connectivity index (χ0v) is 14.8. The van der Waals surface area contributed by atoms with Gasteiger partial charge in [-0.25, -0.2) is 0 Å². The zero-order valence-electron chi connectivity index (χ0n) is 14.8. The van der Waals surface area contributed by atoms with E-state index in [1.54, 1.807) is 0 Å². The Labute approximate surface area is 150 Å². The summed E-state index contributed by atoms with van der Waals surface area (Å²) < 4.78 is 10.5. The quantitative estimate of drug-likeness (QED) is 0.465. The van der Waals surface area contributed by atoms with Crippen molar-refractivity contribution < 1.29 is 24.0 Å². The Morgan fingerprint density at radius 3 is 2.73 bits per heavy atom. The summed E-state index contributed by atoms with van der Waals surface area (Å²) in [6.07, 6.45) is 2.61. The summed E-state index contributed by atoms with van der Waals surface area (Å²) in [6.45, 7) is 5.56. The number of ether oxygens (including phenoxy) is 2. The van der Waals surface area contributed by atoms with Gasteiger partial charge >= 0.3 is 0 Å². The summed E-state index contributed by atoms with van der Waals surface area (Å²) in [5.74, 6) is -0.370. The molecule has 9 nitrogen and oxygen atoms in total. The van der Waals surface area contributed by atoms with Crippen LogP contribution in [0.15, 0.2) is 18.2 Å². The smallest absolute Gasteiger partial charge is 0.270 e. The van der Waals surface area contributed by atoms with Gasteiger partial charge in [0.25, 0.3) is 5.69 Å². The molecule has 1 aromatic carbocycles. The number of hydrogen-bond donors (Lipinski definition) is 2. The molecule has 0 saturated carbocycles. The van der Waals surface area contributed by atoms with Crippen LogP contribution < -0.4 is 15.4 Å². The van der Waals surface area contributed by atoms with Crippen molar-refractivity contribution in [2.75, 3.05) is 13.3 Å². The van der Waals surface area contributed by atoms with Crippen LogP contribution in [0.2, 0.25) is 0 Å². The van der Waals surface area contributed by atoms with Crippen LogP contribution >= 0.6 is 0 Å². The molecule has 2 amide bonds. The predicted molar refractivity (Wildman–Crippen MR) is 93.3 cm³/mol. The highest BCUT2D eigenvalue weighted by Crippen LogP contribution is 2.33. The molecule has 1 aliphatic rings. The lowest BCUT2D eigenvalue weighted by Gasteiger charge is -2.20. The molecule has 1 heterocycles. The number of nitro groups is 1. The van der Waals surface area contributed by atoms with Gasteiger partial charge in [0.2, 0.25) is 11.8 Å². The Morgan fingerprint density at radius 1 is 1.35 bits per heavy atom. The van der Waals surface area contributed by atoms with Gasteiger partial charge < -0.3 is 20.1 Å². The van der Waals surface area contributed by atoms with Crippen LogP contribution in [-0.4, -0.2) is 35.6 Å². The van der Waals surface area contributed by atoms with Crippen LogP contribution in [0.1, 0.15) is 31.9 Å². The maximum Gasteiger partial charge on any atom is 0.270 e. The number of rotatable bonds is 5. The van der Waals surface area contributed by atoms with Crippen molar-refractivity contribution in [3.8, 4) is 5.75 Å². The fraction of sp³-hybridized carbons (Fsp3) is 0.412. The second-order valence-corrected chi connectivity index (χ2v) is 6.74. The molecular formula is C17H21N3O6. The van der Waals surface area contributed by atoms with Crippen LogP contribution in [0.25, 0.3) is 6.08 Å². The number of benzene rings is 1. The van der Waals surface area contributed by atoms with Crippen molar-refractivity contribution in [2.24, 2.45) is 0 Å². The lowest BCUT2D eigenvalue weighted by molar-refractivity contribution is -0.385. The van der Waals surface area contributed by atoms with Gasteiger partial charge in [-0.2, -0.15) is 0 Å². The van der Waals surface area contributed by atoms with Gasteiger partial charge in [0.05, 0.1) is 18.1 Å². The van der Waals surface area contributed by atoms with Crippen molar-refractivity contribution in [1.82, 2.24) is 10.6 Å². The molecule has 0 radical (unpaired) electrons. The van der Waals surface area contributed by atoms with E-state index < -0.39 is 10.8 Å². The number of carbonyl (C=O) groups is 2. The number of nitrogens with one attached hydrogen (secondary N) is 2. The predicted octanol–water partition coefficient (Wildman–Crippen LogP) is 1.51. The molecule has 0 aliphatic carbocycles. The van der Waals surface area contributed by atoms with Gasteiger partial charge in [-0.15, -0.1) is 0 Å². The normalized spacial score (nSPS) is 13.7. The number of carbonyl (C=O) groups excluding carboxylic acids is 2. The first kappa shape index (κ1) is 19.4. The Balaban J connectivity index is 2.07.